The molecule has 0 spiro atoms. The Hall–Kier alpha value is -2.02. The maximum atomic E-state index is 5.58. The molecule has 0 aliphatic carbocycles. The molecule has 2 aromatic rings. The van der Waals surface area contributed by atoms with Crippen molar-refractivity contribution in [3.63, 3.8) is 0 Å². The van der Waals surface area contributed by atoms with E-state index >= 15 is 0 Å². The van der Waals surface area contributed by atoms with Gasteiger partial charge in [-0.1, -0.05) is 12.2 Å². The van der Waals surface area contributed by atoms with Gasteiger partial charge in [-0.05, 0) is 6.07 Å². The van der Waals surface area contributed by atoms with E-state index in [9.17, 15) is 0 Å². The Morgan fingerprint density at radius 2 is 2.17 bits per heavy atom. The molecule has 94 valence electrons. The van der Waals surface area contributed by atoms with E-state index in [1.165, 1.54) is 0 Å². The van der Waals surface area contributed by atoms with Crippen LogP contribution in [0.2, 0.25) is 0 Å². The quantitative estimate of drug-likeness (QED) is 0.764. The lowest BCUT2D eigenvalue weighted by Crippen LogP contribution is -2.17. The van der Waals surface area contributed by atoms with Crippen LogP contribution in [0.3, 0.4) is 0 Å². The molecule has 2 rings (SSSR count). The highest BCUT2D eigenvalue weighted by Gasteiger charge is 2.07. The fourth-order valence-electron chi connectivity index (χ4n) is 1.60. The molecule has 0 bridgehead atoms. The van der Waals surface area contributed by atoms with Gasteiger partial charge in [-0.25, -0.2) is 9.97 Å². The third kappa shape index (κ3) is 2.80. The monoisotopic (exact) mass is 262 g/mol. The Bertz CT molecular complexity index is 550. The second-order valence-corrected chi connectivity index (χ2v) is 4.18. The average Bonchev–Trinajstić information content (AvgIpc) is 2.76. The number of thiocarbonyl (C=S) groups is 1. The maximum Gasteiger partial charge on any atom is 0.155 e. The summed E-state index contributed by atoms with van der Waals surface area (Å²) in [6, 6.07) is 1.98. The molecule has 0 aliphatic rings. The molecule has 0 atom stereocenters. The Morgan fingerprint density at radius 3 is 2.83 bits per heavy atom. The lowest BCUT2D eigenvalue weighted by molar-refractivity contribution is 0.711. The number of nitrogens with one attached hydrogen (secondary N) is 1. The summed E-state index contributed by atoms with van der Waals surface area (Å²) in [5.74, 6) is 0.618. The SMILES string of the molecule is Cn1nccc1CCNc1nccnc1C(N)=S. The van der Waals surface area contributed by atoms with Crippen molar-refractivity contribution in [2.24, 2.45) is 12.8 Å². The van der Waals surface area contributed by atoms with Crippen LogP contribution in [0.25, 0.3) is 0 Å². The number of rotatable bonds is 5. The van der Waals surface area contributed by atoms with Crippen LogP contribution in [0.5, 0.6) is 0 Å². The first-order chi connectivity index (χ1) is 8.68. The van der Waals surface area contributed by atoms with E-state index in [1.54, 1.807) is 18.6 Å². The molecule has 0 unspecified atom stereocenters. The number of aromatic nitrogens is 4. The van der Waals surface area contributed by atoms with Crippen LogP contribution in [-0.4, -0.2) is 31.3 Å². The molecule has 0 aliphatic heterocycles. The molecule has 0 amide bonds. The number of hydrogen-bond acceptors (Lipinski definition) is 5. The van der Waals surface area contributed by atoms with Gasteiger partial charge in [0.2, 0.25) is 0 Å². The smallest absolute Gasteiger partial charge is 0.155 e. The molecule has 0 aromatic carbocycles. The van der Waals surface area contributed by atoms with Gasteiger partial charge in [-0.3, -0.25) is 4.68 Å². The van der Waals surface area contributed by atoms with Gasteiger partial charge < -0.3 is 11.1 Å². The Kier molecular flexibility index (Phi) is 3.83. The van der Waals surface area contributed by atoms with Gasteiger partial charge in [-0.15, -0.1) is 0 Å². The Balaban J connectivity index is 1.99. The molecule has 0 saturated heterocycles. The predicted molar refractivity (Wildman–Crippen MR) is 73.3 cm³/mol. The summed E-state index contributed by atoms with van der Waals surface area (Å²) in [5.41, 5.74) is 7.25. The molecule has 6 nitrogen and oxygen atoms in total. The standard InChI is InChI=1S/C11H14N6S/c1-17-8(3-5-16-17)2-4-14-11-9(10(12)18)13-6-7-15-11/h3,5-7H,2,4H2,1H3,(H2,12,18)(H,14,15). The van der Waals surface area contributed by atoms with E-state index in [0.717, 1.165) is 12.1 Å². The van der Waals surface area contributed by atoms with Gasteiger partial charge >= 0.3 is 0 Å². The highest BCUT2D eigenvalue weighted by Crippen LogP contribution is 2.08. The zero-order valence-electron chi connectivity index (χ0n) is 10.00. The molecule has 0 radical (unpaired) electrons. The normalized spacial score (nSPS) is 10.3. The number of hydrogen-bond donors (Lipinski definition) is 2. The van der Waals surface area contributed by atoms with Gasteiger partial charge in [0, 0.05) is 44.3 Å². The van der Waals surface area contributed by atoms with Crippen molar-refractivity contribution >= 4 is 23.0 Å². The first-order valence-electron chi connectivity index (χ1n) is 5.50. The number of nitrogens with two attached hydrogens (primary N) is 1. The van der Waals surface area contributed by atoms with E-state index in [4.69, 9.17) is 18.0 Å². The molecule has 7 heteroatoms. The summed E-state index contributed by atoms with van der Waals surface area (Å²) in [4.78, 5) is 8.52. The van der Waals surface area contributed by atoms with Crippen LogP contribution in [0.15, 0.2) is 24.7 Å². The van der Waals surface area contributed by atoms with Crippen LogP contribution in [-0.2, 0) is 13.5 Å². The van der Waals surface area contributed by atoms with Gasteiger partial charge in [0.15, 0.2) is 5.82 Å². The van der Waals surface area contributed by atoms with E-state index in [0.29, 0.717) is 18.1 Å². The Labute approximate surface area is 110 Å². The van der Waals surface area contributed by atoms with E-state index < -0.39 is 0 Å². The van der Waals surface area contributed by atoms with Crippen LogP contribution in [0.4, 0.5) is 5.82 Å². The van der Waals surface area contributed by atoms with Gasteiger partial charge in [0.25, 0.3) is 0 Å². The van der Waals surface area contributed by atoms with Crippen molar-refractivity contribution < 1.29 is 0 Å². The third-order valence-corrected chi connectivity index (χ3v) is 2.72. The lowest BCUT2D eigenvalue weighted by atomic mass is 10.3. The predicted octanol–water partition coefficient (Wildman–Crippen LogP) is 0.499. The molecule has 18 heavy (non-hydrogen) atoms. The minimum Gasteiger partial charge on any atom is -0.388 e. The summed E-state index contributed by atoms with van der Waals surface area (Å²) >= 11 is 4.92. The first kappa shape index (κ1) is 12.4. The molecule has 2 heterocycles. The summed E-state index contributed by atoms with van der Waals surface area (Å²) in [5, 5.41) is 7.29. The lowest BCUT2D eigenvalue weighted by Gasteiger charge is -2.08. The van der Waals surface area contributed by atoms with Crippen molar-refractivity contribution in [1.29, 1.82) is 0 Å². The summed E-state index contributed by atoms with van der Waals surface area (Å²) in [6.45, 7) is 0.716. The molecular formula is C11H14N6S. The topological polar surface area (TPSA) is 81.7 Å². The average molecular weight is 262 g/mol. The minimum absolute atomic E-state index is 0.242. The van der Waals surface area contributed by atoms with Crippen molar-refractivity contribution in [1.82, 2.24) is 19.7 Å². The molecule has 3 N–H and O–H groups in total. The number of anilines is 1. The maximum absolute atomic E-state index is 5.58. The van der Waals surface area contributed by atoms with Crippen LogP contribution >= 0.6 is 12.2 Å². The van der Waals surface area contributed by atoms with Crippen LogP contribution in [0.1, 0.15) is 11.4 Å². The van der Waals surface area contributed by atoms with Gasteiger partial charge in [0.1, 0.15) is 10.7 Å². The van der Waals surface area contributed by atoms with E-state index in [-0.39, 0.29) is 4.99 Å². The molecule has 0 saturated carbocycles. The van der Waals surface area contributed by atoms with Gasteiger partial charge in [0.05, 0.1) is 0 Å². The van der Waals surface area contributed by atoms with Gasteiger partial charge in [-0.2, -0.15) is 5.10 Å². The van der Waals surface area contributed by atoms with Crippen molar-refractivity contribution in [2.75, 3.05) is 11.9 Å². The van der Waals surface area contributed by atoms with Crippen LogP contribution in [0, 0.1) is 0 Å². The van der Waals surface area contributed by atoms with E-state index in [1.807, 2.05) is 17.8 Å². The first-order valence-corrected chi connectivity index (χ1v) is 5.91. The minimum atomic E-state index is 0.242. The molecule has 2 aromatic heterocycles. The highest BCUT2D eigenvalue weighted by atomic mass is 32.1. The van der Waals surface area contributed by atoms with Crippen LogP contribution < -0.4 is 11.1 Å². The molecular weight excluding hydrogens is 248 g/mol. The highest BCUT2D eigenvalue weighted by molar-refractivity contribution is 7.80. The second kappa shape index (κ2) is 5.54. The third-order valence-electron chi connectivity index (χ3n) is 2.53. The fraction of sp³-hybridized carbons (Fsp3) is 0.273. The van der Waals surface area contributed by atoms with Crippen molar-refractivity contribution in [3.05, 3.63) is 36.0 Å². The number of nitrogens with zero attached hydrogens (tertiary/aromatic N) is 4. The van der Waals surface area contributed by atoms with Crippen molar-refractivity contribution in [2.45, 2.75) is 6.42 Å². The zero-order chi connectivity index (χ0) is 13.0. The summed E-state index contributed by atoms with van der Waals surface area (Å²) in [7, 11) is 1.91. The largest absolute Gasteiger partial charge is 0.388 e. The molecule has 0 fully saturated rings. The zero-order valence-corrected chi connectivity index (χ0v) is 10.8. The summed E-state index contributed by atoms with van der Waals surface area (Å²) in [6.07, 6.45) is 5.79. The van der Waals surface area contributed by atoms with E-state index in [2.05, 4.69) is 20.4 Å². The second-order valence-electron chi connectivity index (χ2n) is 3.74. The number of aryl methyl sites for hydroxylation is 1. The Morgan fingerprint density at radius 1 is 1.39 bits per heavy atom. The van der Waals surface area contributed by atoms with Crippen molar-refractivity contribution in [3.8, 4) is 0 Å². The fourth-order valence-corrected chi connectivity index (χ4v) is 1.75. The summed E-state index contributed by atoms with van der Waals surface area (Å²) < 4.78 is 1.84.